The van der Waals surface area contributed by atoms with Crippen LogP contribution >= 0.6 is 11.6 Å². The average Bonchev–Trinajstić information content (AvgIpc) is 2.99. The molecule has 1 aromatic carbocycles. The van der Waals surface area contributed by atoms with Gasteiger partial charge in [0.25, 0.3) is 0 Å². The van der Waals surface area contributed by atoms with E-state index in [1.807, 2.05) is 18.2 Å². The van der Waals surface area contributed by atoms with Crippen LogP contribution < -0.4 is 10.6 Å². The number of hydrogen-bond donors (Lipinski definition) is 2. The first kappa shape index (κ1) is 15.4. The Balaban J connectivity index is 1.22. The highest BCUT2D eigenvalue weighted by Gasteiger charge is 2.39. The van der Waals surface area contributed by atoms with E-state index in [-0.39, 0.29) is 12.1 Å². The number of nitrogens with one attached hydrogen (secondary N) is 2. The molecule has 0 radical (unpaired) electrons. The van der Waals surface area contributed by atoms with Crippen molar-refractivity contribution in [1.82, 2.24) is 25.4 Å². The van der Waals surface area contributed by atoms with E-state index in [0.717, 1.165) is 42.5 Å². The number of aryl methyl sites for hydroxylation is 1. The van der Waals surface area contributed by atoms with E-state index in [2.05, 4.69) is 31.5 Å². The number of amides is 2. The molecule has 7 heteroatoms. The van der Waals surface area contributed by atoms with Crippen LogP contribution in [-0.4, -0.2) is 33.4 Å². The maximum absolute atomic E-state index is 12.0. The SMILES string of the molecule is O=C(NCCc1nnc2n1CCC2)N[C@@H]1C[C@@H]1c1cccc(Cl)c1. The van der Waals surface area contributed by atoms with Crippen molar-refractivity contribution < 1.29 is 4.79 Å². The van der Waals surface area contributed by atoms with Gasteiger partial charge in [0, 0.05) is 42.9 Å². The smallest absolute Gasteiger partial charge is 0.315 e. The Kier molecular flexibility index (Phi) is 4.14. The molecule has 2 atom stereocenters. The van der Waals surface area contributed by atoms with Gasteiger partial charge in [-0.05, 0) is 30.5 Å². The molecule has 126 valence electrons. The summed E-state index contributed by atoms with van der Waals surface area (Å²) in [6.45, 7) is 1.56. The second-order valence-electron chi connectivity index (χ2n) is 6.44. The number of carbonyl (C=O) groups is 1. The van der Waals surface area contributed by atoms with E-state index in [1.54, 1.807) is 0 Å². The molecule has 1 fully saturated rings. The van der Waals surface area contributed by atoms with Gasteiger partial charge in [-0.2, -0.15) is 0 Å². The van der Waals surface area contributed by atoms with Crippen LogP contribution in [0.3, 0.4) is 0 Å². The van der Waals surface area contributed by atoms with Crippen LogP contribution in [-0.2, 0) is 19.4 Å². The molecule has 1 saturated carbocycles. The Morgan fingerprint density at radius 3 is 3.17 bits per heavy atom. The molecular formula is C17H20ClN5O. The van der Waals surface area contributed by atoms with Gasteiger partial charge in [-0.15, -0.1) is 10.2 Å². The van der Waals surface area contributed by atoms with E-state index in [1.165, 1.54) is 5.56 Å². The predicted molar refractivity (Wildman–Crippen MR) is 91.2 cm³/mol. The van der Waals surface area contributed by atoms with Gasteiger partial charge in [0.2, 0.25) is 0 Å². The maximum Gasteiger partial charge on any atom is 0.315 e. The third kappa shape index (κ3) is 3.24. The number of fused-ring (bicyclic) bond motifs is 1. The van der Waals surface area contributed by atoms with Gasteiger partial charge in [-0.3, -0.25) is 0 Å². The number of halogens is 1. The van der Waals surface area contributed by atoms with Crippen LogP contribution in [0, 0.1) is 0 Å². The van der Waals surface area contributed by atoms with Crippen molar-refractivity contribution in [3.05, 3.63) is 46.5 Å². The Hall–Kier alpha value is -2.08. The van der Waals surface area contributed by atoms with Gasteiger partial charge in [-0.1, -0.05) is 23.7 Å². The normalized spacial score (nSPS) is 21.4. The average molecular weight is 346 g/mol. The number of nitrogens with zero attached hydrogens (tertiary/aromatic N) is 3. The number of hydrogen-bond acceptors (Lipinski definition) is 3. The van der Waals surface area contributed by atoms with Crippen molar-refractivity contribution in [2.45, 2.75) is 44.2 Å². The van der Waals surface area contributed by atoms with E-state index < -0.39 is 0 Å². The minimum atomic E-state index is -0.120. The Morgan fingerprint density at radius 2 is 2.29 bits per heavy atom. The summed E-state index contributed by atoms with van der Waals surface area (Å²) in [5, 5.41) is 15.0. The third-order valence-electron chi connectivity index (χ3n) is 4.70. The monoisotopic (exact) mass is 345 g/mol. The highest BCUT2D eigenvalue weighted by Crippen LogP contribution is 2.41. The van der Waals surface area contributed by atoms with Gasteiger partial charge < -0.3 is 15.2 Å². The molecule has 1 aliphatic heterocycles. The minimum absolute atomic E-state index is 0.120. The summed E-state index contributed by atoms with van der Waals surface area (Å²) >= 11 is 6.02. The second-order valence-corrected chi connectivity index (χ2v) is 6.88. The van der Waals surface area contributed by atoms with Crippen molar-refractivity contribution in [1.29, 1.82) is 0 Å². The quantitative estimate of drug-likeness (QED) is 0.873. The van der Waals surface area contributed by atoms with E-state index >= 15 is 0 Å². The molecule has 2 amide bonds. The van der Waals surface area contributed by atoms with E-state index in [9.17, 15) is 4.79 Å². The largest absolute Gasteiger partial charge is 0.338 e. The molecular weight excluding hydrogens is 326 g/mol. The number of benzene rings is 1. The lowest BCUT2D eigenvalue weighted by Crippen LogP contribution is -2.38. The van der Waals surface area contributed by atoms with Crippen molar-refractivity contribution in [3.63, 3.8) is 0 Å². The molecule has 2 aliphatic rings. The molecule has 2 aromatic rings. The fourth-order valence-corrected chi connectivity index (χ4v) is 3.56. The number of carbonyl (C=O) groups excluding carboxylic acids is 1. The second kappa shape index (κ2) is 6.43. The lowest BCUT2D eigenvalue weighted by atomic mass is 10.1. The standard InChI is InChI=1S/C17H20ClN5O/c18-12-4-1-3-11(9-12)13-10-14(13)20-17(24)19-7-6-16-22-21-15-5-2-8-23(15)16/h1,3-4,9,13-14H,2,5-8,10H2,(H2,19,20,24)/t13-,14-/m1/s1. The molecule has 0 saturated heterocycles. The predicted octanol–water partition coefficient (Wildman–Crippen LogP) is 2.28. The molecule has 1 aliphatic carbocycles. The van der Waals surface area contributed by atoms with E-state index in [0.29, 0.717) is 18.9 Å². The van der Waals surface area contributed by atoms with Gasteiger partial charge >= 0.3 is 6.03 Å². The van der Waals surface area contributed by atoms with Crippen molar-refractivity contribution in [2.75, 3.05) is 6.54 Å². The van der Waals surface area contributed by atoms with Crippen LogP contribution in [0.1, 0.15) is 36.0 Å². The molecule has 2 heterocycles. The molecule has 4 rings (SSSR count). The summed E-state index contributed by atoms with van der Waals surface area (Å²) in [7, 11) is 0. The zero-order chi connectivity index (χ0) is 16.5. The summed E-state index contributed by atoms with van der Waals surface area (Å²) in [5.41, 5.74) is 1.19. The summed E-state index contributed by atoms with van der Waals surface area (Å²) in [6.07, 6.45) is 3.82. The summed E-state index contributed by atoms with van der Waals surface area (Å²) in [5.74, 6) is 2.40. The first-order chi connectivity index (χ1) is 11.7. The highest BCUT2D eigenvalue weighted by atomic mass is 35.5. The summed E-state index contributed by atoms with van der Waals surface area (Å²) < 4.78 is 2.16. The zero-order valence-electron chi connectivity index (χ0n) is 13.3. The lowest BCUT2D eigenvalue weighted by Gasteiger charge is -2.08. The Bertz CT molecular complexity index is 759. The molecule has 0 bridgehead atoms. The van der Waals surface area contributed by atoms with Gasteiger partial charge in [0.15, 0.2) is 0 Å². The first-order valence-corrected chi connectivity index (χ1v) is 8.79. The van der Waals surface area contributed by atoms with Gasteiger partial charge in [0.05, 0.1) is 0 Å². The molecule has 24 heavy (non-hydrogen) atoms. The fraction of sp³-hybridized carbons (Fsp3) is 0.471. The number of urea groups is 1. The highest BCUT2D eigenvalue weighted by molar-refractivity contribution is 6.30. The molecule has 1 aromatic heterocycles. The van der Waals surface area contributed by atoms with Crippen LogP contribution in [0.2, 0.25) is 5.02 Å². The van der Waals surface area contributed by atoms with Gasteiger partial charge in [-0.25, -0.2) is 4.79 Å². The van der Waals surface area contributed by atoms with E-state index in [4.69, 9.17) is 11.6 Å². The Labute approximate surface area is 145 Å². The van der Waals surface area contributed by atoms with Crippen molar-refractivity contribution in [2.24, 2.45) is 0 Å². The third-order valence-corrected chi connectivity index (χ3v) is 4.94. The topological polar surface area (TPSA) is 71.8 Å². The van der Waals surface area contributed by atoms with Crippen LogP contribution in [0.4, 0.5) is 4.79 Å². The molecule has 2 N–H and O–H groups in total. The number of rotatable bonds is 5. The maximum atomic E-state index is 12.0. The van der Waals surface area contributed by atoms with Crippen molar-refractivity contribution in [3.8, 4) is 0 Å². The summed E-state index contributed by atoms with van der Waals surface area (Å²) in [4.78, 5) is 12.0. The molecule has 0 unspecified atom stereocenters. The fourth-order valence-electron chi connectivity index (χ4n) is 3.36. The molecule has 6 nitrogen and oxygen atoms in total. The van der Waals surface area contributed by atoms with Crippen molar-refractivity contribution >= 4 is 17.6 Å². The Morgan fingerprint density at radius 1 is 1.38 bits per heavy atom. The molecule has 0 spiro atoms. The summed E-state index contributed by atoms with van der Waals surface area (Å²) in [6, 6.07) is 7.92. The van der Waals surface area contributed by atoms with Gasteiger partial charge in [0.1, 0.15) is 11.6 Å². The van der Waals surface area contributed by atoms with Crippen LogP contribution in [0.5, 0.6) is 0 Å². The first-order valence-electron chi connectivity index (χ1n) is 8.41. The zero-order valence-corrected chi connectivity index (χ0v) is 14.1. The lowest BCUT2D eigenvalue weighted by molar-refractivity contribution is 0.240. The van der Waals surface area contributed by atoms with Crippen LogP contribution in [0.25, 0.3) is 0 Å². The van der Waals surface area contributed by atoms with Crippen LogP contribution in [0.15, 0.2) is 24.3 Å². The minimum Gasteiger partial charge on any atom is -0.338 e. The number of aromatic nitrogens is 3.